The highest BCUT2D eigenvalue weighted by molar-refractivity contribution is 6.00. The minimum atomic E-state index is -0.310. The molecule has 2 heterocycles. The van der Waals surface area contributed by atoms with Crippen molar-refractivity contribution in [1.29, 1.82) is 0 Å². The fourth-order valence-corrected chi connectivity index (χ4v) is 3.04. The number of pyridine rings is 2. The van der Waals surface area contributed by atoms with Crippen LogP contribution in [-0.4, -0.2) is 35.0 Å². The Labute approximate surface area is 168 Å². The molecule has 1 aromatic carbocycles. The van der Waals surface area contributed by atoms with E-state index in [2.05, 4.69) is 25.9 Å². The van der Waals surface area contributed by atoms with Crippen molar-refractivity contribution in [3.05, 3.63) is 54.5 Å². The molecule has 0 aliphatic carbocycles. The highest BCUT2D eigenvalue weighted by Crippen LogP contribution is 2.31. The Bertz CT molecular complexity index is 1010. The highest BCUT2D eigenvalue weighted by Gasteiger charge is 2.12. The Hall–Kier alpha value is -3.52. The number of nitrogens with two attached hydrogens (primary N) is 1. The number of nitrogens with zero attached hydrogens (tertiary/aromatic N) is 2. The van der Waals surface area contributed by atoms with Crippen molar-refractivity contribution >= 4 is 28.5 Å². The summed E-state index contributed by atoms with van der Waals surface area (Å²) < 4.78 is 0. The van der Waals surface area contributed by atoms with E-state index in [1.54, 1.807) is 18.6 Å². The zero-order valence-electron chi connectivity index (χ0n) is 16.2. The summed E-state index contributed by atoms with van der Waals surface area (Å²) in [5, 5.41) is 10.1. The van der Waals surface area contributed by atoms with Crippen LogP contribution in [-0.2, 0) is 11.3 Å². The number of rotatable bonds is 7. The van der Waals surface area contributed by atoms with Gasteiger partial charge in [0, 0.05) is 50.0 Å². The van der Waals surface area contributed by atoms with Gasteiger partial charge in [-0.15, -0.1) is 0 Å². The van der Waals surface area contributed by atoms with Gasteiger partial charge in [-0.1, -0.05) is 12.1 Å². The Morgan fingerprint density at radius 2 is 1.86 bits per heavy atom. The molecule has 0 unspecified atom stereocenters. The second-order valence-corrected chi connectivity index (χ2v) is 6.42. The number of carbonyl (C=O) groups is 2. The first-order chi connectivity index (χ1) is 14.1. The molecule has 0 bridgehead atoms. The molecule has 0 saturated carbocycles. The molecule has 3 rings (SSSR count). The molecule has 3 amide bonds. The second-order valence-electron chi connectivity index (χ2n) is 6.42. The first kappa shape index (κ1) is 20.2. The SMILES string of the molecule is CCNC(=O)Nc1cc2c(-c3ccncc3)ccc(CNC(=O)CCN)c2cn1. The van der Waals surface area contributed by atoms with Crippen molar-refractivity contribution in [3.8, 4) is 11.1 Å². The van der Waals surface area contributed by atoms with Crippen LogP contribution in [0.4, 0.5) is 10.6 Å². The zero-order chi connectivity index (χ0) is 20.6. The molecule has 0 spiro atoms. The van der Waals surface area contributed by atoms with Crippen LogP contribution in [0.3, 0.4) is 0 Å². The van der Waals surface area contributed by atoms with Gasteiger partial charge in [0.2, 0.25) is 5.91 Å². The van der Waals surface area contributed by atoms with Crippen LogP contribution in [0, 0.1) is 0 Å². The van der Waals surface area contributed by atoms with E-state index in [-0.39, 0.29) is 18.4 Å². The molecule has 2 aromatic heterocycles. The smallest absolute Gasteiger partial charge is 0.320 e. The maximum absolute atomic E-state index is 11.9. The van der Waals surface area contributed by atoms with Gasteiger partial charge in [0.05, 0.1) is 0 Å². The number of urea groups is 1. The van der Waals surface area contributed by atoms with E-state index in [1.165, 1.54) is 0 Å². The molecule has 5 N–H and O–H groups in total. The Morgan fingerprint density at radius 3 is 2.59 bits per heavy atom. The van der Waals surface area contributed by atoms with E-state index in [0.717, 1.165) is 27.5 Å². The van der Waals surface area contributed by atoms with Gasteiger partial charge in [-0.3, -0.25) is 15.1 Å². The lowest BCUT2D eigenvalue weighted by atomic mass is 9.96. The van der Waals surface area contributed by atoms with Crippen molar-refractivity contribution in [2.45, 2.75) is 19.9 Å². The van der Waals surface area contributed by atoms with Crippen molar-refractivity contribution < 1.29 is 9.59 Å². The molecular formula is C21H24N6O2. The Balaban J connectivity index is 2.02. The Morgan fingerprint density at radius 1 is 1.07 bits per heavy atom. The number of hydrogen-bond donors (Lipinski definition) is 4. The molecule has 8 nitrogen and oxygen atoms in total. The predicted molar refractivity (Wildman–Crippen MR) is 113 cm³/mol. The van der Waals surface area contributed by atoms with Gasteiger partial charge in [0.1, 0.15) is 5.82 Å². The maximum Gasteiger partial charge on any atom is 0.320 e. The molecule has 3 aromatic rings. The quantitative estimate of drug-likeness (QED) is 0.492. The van der Waals surface area contributed by atoms with Crippen molar-refractivity contribution in [1.82, 2.24) is 20.6 Å². The predicted octanol–water partition coefficient (Wildman–Crippen LogP) is 2.40. The summed E-state index contributed by atoms with van der Waals surface area (Å²) in [7, 11) is 0. The van der Waals surface area contributed by atoms with E-state index < -0.39 is 0 Å². The summed E-state index contributed by atoms with van der Waals surface area (Å²) >= 11 is 0. The maximum atomic E-state index is 11.9. The number of aromatic nitrogens is 2. The molecule has 29 heavy (non-hydrogen) atoms. The van der Waals surface area contributed by atoms with Crippen molar-refractivity contribution in [3.63, 3.8) is 0 Å². The number of carbonyl (C=O) groups excluding carboxylic acids is 2. The molecule has 0 saturated heterocycles. The van der Waals surface area contributed by atoms with Gasteiger partial charge in [-0.05, 0) is 47.2 Å². The third-order valence-corrected chi connectivity index (χ3v) is 4.41. The summed E-state index contributed by atoms with van der Waals surface area (Å²) in [6, 6.07) is 9.35. The lowest BCUT2D eigenvalue weighted by molar-refractivity contribution is -0.121. The molecular weight excluding hydrogens is 368 g/mol. The zero-order valence-corrected chi connectivity index (χ0v) is 16.2. The average Bonchev–Trinajstić information content (AvgIpc) is 2.73. The minimum absolute atomic E-state index is 0.0960. The molecule has 150 valence electrons. The van der Waals surface area contributed by atoms with Gasteiger partial charge in [0.15, 0.2) is 0 Å². The number of anilines is 1. The third kappa shape index (κ3) is 5.05. The van der Waals surface area contributed by atoms with Crippen LogP contribution in [0.25, 0.3) is 21.9 Å². The van der Waals surface area contributed by atoms with Crippen molar-refractivity contribution in [2.24, 2.45) is 5.73 Å². The summed E-state index contributed by atoms with van der Waals surface area (Å²) in [4.78, 5) is 32.1. The van der Waals surface area contributed by atoms with E-state index in [1.807, 2.05) is 37.3 Å². The monoisotopic (exact) mass is 392 g/mol. The minimum Gasteiger partial charge on any atom is -0.352 e. The lowest BCUT2D eigenvalue weighted by Gasteiger charge is -2.14. The number of amides is 3. The number of fused-ring (bicyclic) bond motifs is 1. The number of nitrogens with one attached hydrogen (secondary N) is 3. The highest BCUT2D eigenvalue weighted by atomic mass is 16.2. The molecule has 0 fully saturated rings. The topological polar surface area (TPSA) is 122 Å². The molecule has 0 aliphatic rings. The van der Waals surface area contributed by atoms with Crippen molar-refractivity contribution in [2.75, 3.05) is 18.4 Å². The van der Waals surface area contributed by atoms with Crippen LogP contribution < -0.4 is 21.7 Å². The van der Waals surface area contributed by atoms with E-state index in [9.17, 15) is 9.59 Å². The van der Waals surface area contributed by atoms with E-state index >= 15 is 0 Å². The van der Waals surface area contributed by atoms with Crippen LogP contribution in [0.15, 0.2) is 48.9 Å². The standard InChI is InChI=1S/C21H24N6O2/c1-2-24-21(29)27-19-11-17-16(14-6-9-23-10-7-14)4-3-15(18(17)13-25-19)12-26-20(28)5-8-22/h3-4,6-7,9-11,13H,2,5,8,12,22H2,1H3,(H,26,28)(H2,24,25,27,29). The van der Waals surface area contributed by atoms with Crippen LogP contribution >= 0.6 is 0 Å². The fraction of sp³-hybridized carbons (Fsp3) is 0.238. The first-order valence-corrected chi connectivity index (χ1v) is 9.46. The fourth-order valence-electron chi connectivity index (χ4n) is 3.04. The molecule has 0 radical (unpaired) electrons. The Kier molecular flexibility index (Phi) is 6.70. The van der Waals surface area contributed by atoms with E-state index in [0.29, 0.717) is 25.5 Å². The van der Waals surface area contributed by atoms with Gasteiger partial charge in [0.25, 0.3) is 0 Å². The largest absolute Gasteiger partial charge is 0.352 e. The van der Waals surface area contributed by atoms with Gasteiger partial charge >= 0.3 is 6.03 Å². The summed E-state index contributed by atoms with van der Waals surface area (Å²) in [6.07, 6.45) is 5.46. The number of hydrogen-bond acceptors (Lipinski definition) is 5. The van der Waals surface area contributed by atoms with Crippen LogP contribution in [0.5, 0.6) is 0 Å². The summed E-state index contributed by atoms with van der Waals surface area (Å²) in [6.45, 7) is 3.05. The third-order valence-electron chi connectivity index (χ3n) is 4.41. The summed E-state index contributed by atoms with van der Waals surface area (Å²) in [5.41, 5.74) is 8.35. The van der Waals surface area contributed by atoms with Crippen LogP contribution in [0.1, 0.15) is 18.9 Å². The van der Waals surface area contributed by atoms with Gasteiger partial charge in [-0.2, -0.15) is 0 Å². The first-order valence-electron chi connectivity index (χ1n) is 9.46. The van der Waals surface area contributed by atoms with E-state index in [4.69, 9.17) is 5.73 Å². The normalized spacial score (nSPS) is 10.6. The average molecular weight is 392 g/mol. The molecule has 0 aliphatic heterocycles. The van der Waals surface area contributed by atoms with Gasteiger partial charge < -0.3 is 16.4 Å². The molecule has 8 heteroatoms. The lowest BCUT2D eigenvalue weighted by Crippen LogP contribution is -2.28. The second kappa shape index (κ2) is 9.61. The van der Waals surface area contributed by atoms with Gasteiger partial charge in [-0.25, -0.2) is 9.78 Å². The van der Waals surface area contributed by atoms with Crippen LogP contribution in [0.2, 0.25) is 0 Å². The summed E-state index contributed by atoms with van der Waals surface area (Å²) in [5.74, 6) is 0.351. The number of benzene rings is 1. The molecule has 0 atom stereocenters.